The summed E-state index contributed by atoms with van der Waals surface area (Å²) < 4.78 is 13.4. The van der Waals surface area contributed by atoms with Crippen molar-refractivity contribution in [1.82, 2.24) is 0 Å². The van der Waals surface area contributed by atoms with Crippen molar-refractivity contribution in [2.45, 2.75) is 5.50 Å². The van der Waals surface area contributed by atoms with Crippen molar-refractivity contribution < 1.29 is 4.39 Å². The third-order valence-electron chi connectivity index (χ3n) is 2.99. The summed E-state index contributed by atoms with van der Waals surface area (Å²) in [5.74, 6) is -0.239. The number of hydrogen-bond donors (Lipinski definition) is 1. The third-order valence-corrected chi connectivity index (χ3v) is 3.84. The Kier molecular flexibility index (Phi) is 3.27. The van der Waals surface area contributed by atoms with E-state index in [9.17, 15) is 4.39 Å². The number of benzene rings is 2. The smallest absolute Gasteiger partial charge is 0.134 e. The molecule has 2 N–H and O–H groups in total. The molecule has 0 aliphatic carbocycles. The van der Waals surface area contributed by atoms with Gasteiger partial charge in [-0.2, -0.15) is 0 Å². The molecule has 0 amide bonds. The lowest BCUT2D eigenvalue weighted by Gasteiger charge is -2.26. The molecule has 1 aliphatic heterocycles. The monoisotopic (exact) mass is 272 g/mol. The van der Waals surface area contributed by atoms with Crippen molar-refractivity contribution >= 4 is 23.1 Å². The van der Waals surface area contributed by atoms with Crippen molar-refractivity contribution in [2.75, 3.05) is 4.90 Å². The van der Waals surface area contributed by atoms with Gasteiger partial charge < -0.3 is 10.6 Å². The first kappa shape index (κ1) is 12.3. The zero-order valence-corrected chi connectivity index (χ0v) is 11.0. The van der Waals surface area contributed by atoms with Crippen LogP contribution in [0.1, 0.15) is 5.56 Å². The summed E-state index contributed by atoms with van der Waals surface area (Å²) in [7, 11) is 0. The minimum Gasteiger partial charge on any atom is -0.315 e. The van der Waals surface area contributed by atoms with E-state index in [-0.39, 0.29) is 11.3 Å². The number of halogens is 1. The van der Waals surface area contributed by atoms with E-state index in [1.165, 1.54) is 23.9 Å². The summed E-state index contributed by atoms with van der Waals surface area (Å²) in [5.41, 5.74) is 8.72. The summed E-state index contributed by atoms with van der Waals surface area (Å²) in [5, 5.41) is 1.98. The van der Waals surface area contributed by atoms with Crippen LogP contribution in [0, 0.1) is 5.82 Å². The summed E-state index contributed by atoms with van der Waals surface area (Å²) >= 11 is 1.53. The molecule has 2 aromatic rings. The number of nitrogens with zero attached hydrogens (tertiary/aromatic N) is 1. The molecule has 1 aliphatic rings. The average molecular weight is 272 g/mol. The second-order valence-corrected chi connectivity index (χ2v) is 5.24. The molecule has 4 heteroatoms. The Morgan fingerprint density at radius 2 is 1.84 bits per heavy atom. The second-order valence-electron chi connectivity index (χ2n) is 4.25. The fourth-order valence-electron chi connectivity index (χ4n) is 2.12. The van der Waals surface area contributed by atoms with Crippen LogP contribution in [-0.4, -0.2) is 5.50 Å². The van der Waals surface area contributed by atoms with Gasteiger partial charge in [0.25, 0.3) is 0 Å². The number of thioether (sulfide) groups is 1. The minimum atomic E-state index is -0.239. The van der Waals surface area contributed by atoms with E-state index in [4.69, 9.17) is 5.73 Å². The predicted octanol–water partition coefficient (Wildman–Crippen LogP) is 3.62. The zero-order chi connectivity index (χ0) is 13.2. The van der Waals surface area contributed by atoms with Crippen LogP contribution < -0.4 is 10.6 Å². The Morgan fingerprint density at radius 3 is 2.58 bits per heavy atom. The van der Waals surface area contributed by atoms with Crippen LogP contribution in [0.25, 0.3) is 5.70 Å². The zero-order valence-electron chi connectivity index (χ0n) is 10.2. The standard InChI is InChI=1S/C15H13FN2S/c16-12-6-4-5-11(9-12)14-10-19-15(17)18(14)13-7-2-1-3-8-13/h1-10,15H,17H2. The van der Waals surface area contributed by atoms with Crippen molar-refractivity contribution in [2.24, 2.45) is 5.73 Å². The molecule has 1 atom stereocenters. The summed E-state index contributed by atoms with van der Waals surface area (Å²) in [6, 6.07) is 16.5. The first-order valence-corrected chi connectivity index (χ1v) is 6.91. The first-order valence-electron chi connectivity index (χ1n) is 5.97. The molecule has 2 aromatic carbocycles. The van der Waals surface area contributed by atoms with Crippen LogP contribution >= 0.6 is 11.8 Å². The quantitative estimate of drug-likeness (QED) is 0.905. The molecule has 0 radical (unpaired) electrons. The molecule has 0 aromatic heterocycles. The van der Waals surface area contributed by atoms with Gasteiger partial charge in [0.2, 0.25) is 0 Å². The van der Waals surface area contributed by atoms with Crippen molar-refractivity contribution in [3.8, 4) is 0 Å². The highest BCUT2D eigenvalue weighted by Gasteiger charge is 2.26. The molecule has 0 fully saturated rings. The maximum atomic E-state index is 13.4. The van der Waals surface area contributed by atoms with Crippen LogP contribution in [0.5, 0.6) is 0 Å². The Labute approximate surface area is 115 Å². The largest absolute Gasteiger partial charge is 0.315 e. The molecule has 96 valence electrons. The SMILES string of the molecule is NC1SC=C(c2cccc(F)c2)N1c1ccccc1. The van der Waals surface area contributed by atoms with Crippen LogP contribution in [0.2, 0.25) is 0 Å². The fraction of sp³-hybridized carbons (Fsp3) is 0.0667. The van der Waals surface area contributed by atoms with Gasteiger partial charge in [0.05, 0.1) is 5.70 Å². The van der Waals surface area contributed by atoms with Gasteiger partial charge in [-0.3, -0.25) is 0 Å². The van der Waals surface area contributed by atoms with Crippen molar-refractivity contribution in [1.29, 1.82) is 0 Å². The van der Waals surface area contributed by atoms with E-state index in [2.05, 4.69) is 0 Å². The van der Waals surface area contributed by atoms with Crippen molar-refractivity contribution in [3.63, 3.8) is 0 Å². The van der Waals surface area contributed by atoms with Gasteiger partial charge in [0, 0.05) is 11.3 Å². The fourth-order valence-corrected chi connectivity index (χ4v) is 2.99. The van der Waals surface area contributed by atoms with E-state index < -0.39 is 0 Å². The highest BCUT2D eigenvalue weighted by atomic mass is 32.2. The van der Waals surface area contributed by atoms with Crippen LogP contribution in [0.3, 0.4) is 0 Å². The maximum absolute atomic E-state index is 13.4. The molecular formula is C15H13FN2S. The van der Waals surface area contributed by atoms with E-state index in [0.29, 0.717) is 0 Å². The number of para-hydroxylation sites is 1. The lowest BCUT2D eigenvalue weighted by Crippen LogP contribution is -2.34. The Balaban J connectivity index is 2.01. The molecule has 0 saturated carbocycles. The molecule has 1 heterocycles. The normalized spacial score (nSPS) is 18.5. The molecule has 3 rings (SSSR count). The number of anilines is 1. The molecule has 1 unspecified atom stereocenters. The van der Waals surface area contributed by atoms with E-state index in [0.717, 1.165) is 16.9 Å². The van der Waals surface area contributed by atoms with Crippen LogP contribution in [-0.2, 0) is 0 Å². The predicted molar refractivity (Wildman–Crippen MR) is 78.9 cm³/mol. The average Bonchev–Trinajstić information content (AvgIpc) is 2.82. The number of rotatable bonds is 2. The van der Waals surface area contributed by atoms with Gasteiger partial charge in [0.1, 0.15) is 11.3 Å². The highest BCUT2D eigenvalue weighted by molar-refractivity contribution is 8.03. The Hall–Kier alpha value is -1.78. The molecule has 0 saturated heterocycles. The van der Waals surface area contributed by atoms with E-state index in [1.807, 2.05) is 46.7 Å². The molecule has 0 bridgehead atoms. The number of hydrogen-bond acceptors (Lipinski definition) is 3. The van der Waals surface area contributed by atoms with Crippen LogP contribution in [0.15, 0.2) is 60.0 Å². The lowest BCUT2D eigenvalue weighted by molar-refractivity contribution is 0.627. The summed E-state index contributed by atoms with van der Waals surface area (Å²) in [6.07, 6.45) is 0. The van der Waals surface area contributed by atoms with E-state index in [1.54, 1.807) is 6.07 Å². The highest BCUT2D eigenvalue weighted by Crippen LogP contribution is 2.38. The summed E-state index contributed by atoms with van der Waals surface area (Å²) in [4.78, 5) is 2.01. The molecule has 2 nitrogen and oxygen atoms in total. The van der Waals surface area contributed by atoms with Gasteiger partial charge in [-0.25, -0.2) is 4.39 Å². The number of nitrogens with two attached hydrogens (primary N) is 1. The first-order chi connectivity index (χ1) is 9.25. The van der Waals surface area contributed by atoms with Gasteiger partial charge in [0.15, 0.2) is 0 Å². The molecular weight excluding hydrogens is 259 g/mol. The van der Waals surface area contributed by atoms with Gasteiger partial charge in [-0.1, -0.05) is 42.1 Å². The lowest BCUT2D eigenvalue weighted by atomic mass is 10.1. The van der Waals surface area contributed by atoms with Crippen LogP contribution in [0.4, 0.5) is 10.1 Å². The van der Waals surface area contributed by atoms with Gasteiger partial charge >= 0.3 is 0 Å². The second kappa shape index (κ2) is 5.07. The van der Waals surface area contributed by atoms with Crippen molar-refractivity contribution in [3.05, 3.63) is 71.4 Å². The van der Waals surface area contributed by atoms with Gasteiger partial charge in [-0.15, -0.1) is 0 Å². The maximum Gasteiger partial charge on any atom is 0.134 e. The molecule has 0 spiro atoms. The molecule has 19 heavy (non-hydrogen) atoms. The Morgan fingerprint density at radius 1 is 1.05 bits per heavy atom. The topological polar surface area (TPSA) is 29.3 Å². The summed E-state index contributed by atoms with van der Waals surface area (Å²) in [6.45, 7) is 0. The van der Waals surface area contributed by atoms with Gasteiger partial charge in [-0.05, 0) is 29.7 Å². The Bertz CT molecular complexity index is 613. The third kappa shape index (κ3) is 2.37. The minimum absolute atomic E-state index is 0.180. The van der Waals surface area contributed by atoms with E-state index >= 15 is 0 Å².